The van der Waals surface area contributed by atoms with Crippen molar-refractivity contribution in [1.29, 1.82) is 0 Å². The lowest BCUT2D eigenvalue weighted by molar-refractivity contribution is 0.913. The lowest BCUT2D eigenvalue weighted by Crippen LogP contribution is -1.94. The van der Waals surface area contributed by atoms with Crippen molar-refractivity contribution in [2.24, 2.45) is 0 Å². The molecule has 0 N–H and O–H groups in total. The molecule has 1 aliphatic rings. The van der Waals surface area contributed by atoms with Gasteiger partial charge in [-0.2, -0.15) is 0 Å². The molecule has 0 saturated heterocycles. The zero-order valence-electron chi connectivity index (χ0n) is 11.5. The van der Waals surface area contributed by atoms with Gasteiger partial charge >= 0.3 is 0 Å². The van der Waals surface area contributed by atoms with Gasteiger partial charge in [0.1, 0.15) is 0 Å². The highest BCUT2D eigenvalue weighted by molar-refractivity contribution is 5.85. The Labute approximate surface area is 110 Å². The van der Waals surface area contributed by atoms with E-state index in [1.165, 1.54) is 27.8 Å². The van der Waals surface area contributed by atoms with Crippen molar-refractivity contribution >= 4 is 5.57 Å². The van der Waals surface area contributed by atoms with E-state index in [1.807, 2.05) is 0 Å². The molecule has 0 bridgehead atoms. The third-order valence-corrected chi connectivity index (χ3v) is 3.42. The molecule has 0 radical (unpaired) electrons. The van der Waals surface area contributed by atoms with Gasteiger partial charge in [-0.05, 0) is 42.5 Å². The molecule has 0 atom stereocenters. The first-order valence-corrected chi connectivity index (χ1v) is 6.69. The first-order valence-electron chi connectivity index (χ1n) is 6.69. The molecule has 1 aromatic rings. The van der Waals surface area contributed by atoms with Gasteiger partial charge in [0.05, 0.1) is 0 Å². The van der Waals surface area contributed by atoms with Gasteiger partial charge < -0.3 is 0 Å². The molecule has 0 spiro atoms. The van der Waals surface area contributed by atoms with E-state index in [0.717, 1.165) is 19.3 Å². The van der Waals surface area contributed by atoms with Crippen molar-refractivity contribution in [3.63, 3.8) is 0 Å². The van der Waals surface area contributed by atoms with Crippen LogP contribution in [0.5, 0.6) is 0 Å². The van der Waals surface area contributed by atoms with Gasteiger partial charge in [-0.1, -0.05) is 55.5 Å². The third kappa shape index (κ3) is 2.57. The molecule has 0 aliphatic heterocycles. The van der Waals surface area contributed by atoms with Crippen molar-refractivity contribution in [2.45, 2.75) is 40.0 Å². The minimum Gasteiger partial charge on any atom is -0.0937 e. The molecule has 0 fully saturated rings. The van der Waals surface area contributed by atoms with Crippen LogP contribution in [-0.2, 0) is 0 Å². The molecule has 0 saturated carbocycles. The third-order valence-electron chi connectivity index (χ3n) is 3.42. The number of benzene rings is 1. The van der Waals surface area contributed by atoms with Crippen LogP contribution >= 0.6 is 0 Å². The number of aryl methyl sites for hydroxylation is 1. The van der Waals surface area contributed by atoms with Gasteiger partial charge in [-0.3, -0.25) is 0 Å². The Morgan fingerprint density at radius 1 is 1.17 bits per heavy atom. The smallest absolute Gasteiger partial charge is 0.0355 e. The van der Waals surface area contributed by atoms with E-state index in [9.17, 15) is 0 Å². The van der Waals surface area contributed by atoms with E-state index in [1.54, 1.807) is 0 Å². The summed E-state index contributed by atoms with van der Waals surface area (Å²) in [6, 6.07) is 8.54. The highest BCUT2D eigenvalue weighted by Gasteiger charge is 2.11. The molecule has 92 valence electrons. The minimum atomic E-state index is 0.869. The zero-order valence-corrected chi connectivity index (χ0v) is 11.5. The Bertz CT molecular complexity index is 559. The van der Waals surface area contributed by atoms with E-state index in [-0.39, 0.29) is 0 Å². The zero-order chi connectivity index (χ0) is 13.0. The van der Waals surface area contributed by atoms with Gasteiger partial charge in [0.15, 0.2) is 0 Å². The first-order chi connectivity index (χ1) is 8.74. The highest BCUT2D eigenvalue weighted by atomic mass is 14.1. The summed E-state index contributed by atoms with van der Waals surface area (Å²) in [7, 11) is 0. The van der Waals surface area contributed by atoms with Crippen molar-refractivity contribution in [2.75, 3.05) is 0 Å². The van der Waals surface area contributed by atoms with E-state index in [2.05, 4.69) is 63.0 Å². The van der Waals surface area contributed by atoms with Crippen molar-refractivity contribution in [3.8, 4) is 11.8 Å². The molecule has 1 aliphatic carbocycles. The number of allylic oxidation sites excluding steroid dienone is 4. The van der Waals surface area contributed by atoms with Gasteiger partial charge in [0.25, 0.3) is 0 Å². The lowest BCUT2D eigenvalue weighted by Gasteiger charge is -2.13. The summed E-state index contributed by atoms with van der Waals surface area (Å²) >= 11 is 0. The Balaban J connectivity index is 2.61. The van der Waals surface area contributed by atoms with E-state index in [0.29, 0.717) is 0 Å². The fraction of sp³-hybridized carbons (Fsp3) is 0.333. The van der Waals surface area contributed by atoms with Gasteiger partial charge in [-0.25, -0.2) is 0 Å². The predicted molar refractivity (Wildman–Crippen MR) is 79.2 cm³/mol. The second-order valence-corrected chi connectivity index (χ2v) is 4.81. The monoisotopic (exact) mass is 236 g/mol. The largest absolute Gasteiger partial charge is 0.0937 e. The minimum absolute atomic E-state index is 0.869. The second-order valence-electron chi connectivity index (χ2n) is 4.81. The highest BCUT2D eigenvalue weighted by Crippen LogP contribution is 2.30. The molecule has 0 heterocycles. The second kappa shape index (κ2) is 5.74. The summed E-state index contributed by atoms with van der Waals surface area (Å²) in [6.07, 6.45) is 5.40. The van der Waals surface area contributed by atoms with Crippen LogP contribution in [0, 0.1) is 18.8 Å². The van der Waals surface area contributed by atoms with Crippen LogP contribution in [0.15, 0.2) is 41.5 Å². The van der Waals surface area contributed by atoms with Crippen LogP contribution in [0.2, 0.25) is 0 Å². The quantitative estimate of drug-likeness (QED) is 0.655. The van der Waals surface area contributed by atoms with Crippen LogP contribution in [0.3, 0.4) is 0 Å². The summed E-state index contributed by atoms with van der Waals surface area (Å²) in [5.41, 5.74) is 6.65. The molecule has 0 unspecified atom stereocenters. The molecule has 2 rings (SSSR count). The number of rotatable bonds is 3. The summed E-state index contributed by atoms with van der Waals surface area (Å²) in [5, 5.41) is 0. The molecule has 18 heavy (non-hydrogen) atoms. The van der Waals surface area contributed by atoms with Crippen LogP contribution in [0.25, 0.3) is 5.57 Å². The van der Waals surface area contributed by atoms with Crippen molar-refractivity contribution in [3.05, 3.63) is 52.6 Å². The molecule has 0 heteroatoms. The van der Waals surface area contributed by atoms with E-state index >= 15 is 0 Å². The van der Waals surface area contributed by atoms with Crippen molar-refractivity contribution < 1.29 is 0 Å². The Kier molecular flexibility index (Phi) is 4.05. The average Bonchev–Trinajstić information content (AvgIpc) is 2.54. The molecule has 1 aromatic carbocycles. The summed E-state index contributed by atoms with van der Waals surface area (Å²) in [6.45, 7) is 6.60. The first kappa shape index (κ1) is 12.7. The normalized spacial score (nSPS) is 14.7. The van der Waals surface area contributed by atoms with Gasteiger partial charge in [0.2, 0.25) is 0 Å². The molecule has 0 aromatic heterocycles. The summed E-state index contributed by atoms with van der Waals surface area (Å²) in [4.78, 5) is 0. The molecular formula is C18H20. The average molecular weight is 236 g/mol. The maximum absolute atomic E-state index is 3.38. The summed E-state index contributed by atoms with van der Waals surface area (Å²) < 4.78 is 0. The fourth-order valence-corrected chi connectivity index (χ4v) is 2.39. The predicted octanol–water partition coefficient (Wildman–Crippen LogP) is 4.90. The summed E-state index contributed by atoms with van der Waals surface area (Å²) in [5.74, 6) is 6.64. The van der Waals surface area contributed by atoms with E-state index in [4.69, 9.17) is 0 Å². The number of hydrogen-bond donors (Lipinski definition) is 0. The van der Waals surface area contributed by atoms with Crippen LogP contribution in [0.4, 0.5) is 0 Å². The Morgan fingerprint density at radius 2 is 1.94 bits per heavy atom. The van der Waals surface area contributed by atoms with Crippen LogP contribution in [-0.4, -0.2) is 0 Å². The molecule has 0 nitrogen and oxygen atoms in total. The molecule has 0 amide bonds. The van der Waals surface area contributed by atoms with E-state index < -0.39 is 0 Å². The van der Waals surface area contributed by atoms with Crippen LogP contribution < -0.4 is 0 Å². The molecular weight excluding hydrogens is 216 g/mol. The maximum atomic E-state index is 3.38. The Hall–Kier alpha value is -1.74. The fourth-order valence-electron chi connectivity index (χ4n) is 2.39. The Morgan fingerprint density at radius 3 is 2.67 bits per heavy atom. The number of hydrogen-bond acceptors (Lipinski definition) is 0. The van der Waals surface area contributed by atoms with Gasteiger partial charge in [0, 0.05) is 12.0 Å². The van der Waals surface area contributed by atoms with Gasteiger partial charge in [-0.15, -0.1) is 0 Å². The SMILES string of the molecule is CCCC1=C(c2ccccc2C)C#CCC=C1C. The topological polar surface area (TPSA) is 0 Å². The maximum Gasteiger partial charge on any atom is 0.0355 e. The standard InChI is InChI=1S/C18H20/c1-4-9-16-14(2)10-6-8-13-18(16)17-12-7-5-11-15(17)3/h5,7,10-12H,4,6,9H2,1-3H3. The van der Waals surface area contributed by atoms with Crippen LogP contribution in [0.1, 0.15) is 44.2 Å². The van der Waals surface area contributed by atoms with Crippen molar-refractivity contribution in [1.82, 2.24) is 0 Å². The lowest BCUT2D eigenvalue weighted by atomic mass is 9.91.